The van der Waals surface area contributed by atoms with E-state index in [2.05, 4.69) is 4.98 Å². The molecule has 108 valence electrons. The summed E-state index contributed by atoms with van der Waals surface area (Å²) in [5, 5.41) is 9.44. The average molecular weight is 319 g/mol. The summed E-state index contributed by atoms with van der Waals surface area (Å²) in [7, 11) is -3.35. The predicted molar refractivity (Wildman–Crippen MR) is 82.6 cm³/mol. The third-order valence-electron chi connectivity index (χ3n) is 2.70. The SMILES string of the molecule is N#Cc1ccc(S(=O)(=O)CCSc2ccc(N)cn2)cc1. The van der Waals surface area contributed by atoms with Gasteiger partial charge in [0.25, 0.3) is 0 Å². The topological polar surface area (TPSA) is 96.8 Å². The van der Waals surface area contributed by atoms with E-state index < -0.39 is 9.84 Å². The van der Waals surface area contributed by atoms with Crippen molar-refractivity contribution in [1.29, 1.82) is 5.26 Å². The molecule has 0 radical (unpaired) electrons. The number of thioether (sulfide) groups is 1. The molecule has 1 heterocycles. The molecule has 1 aromatic heterocycles. The van der Waals surface area contributed by atoms with Crippen LogP contribution in [0.15, 0.2) is 52.5 Å². The molecule has 2 N–H and O–H groups in total. The Morgan fingerprint density at radius 2 is 1.90 bits per heavy atom. The number of nitrogens with two attached hydrogens (primary N) is 1. The summed E-state index contributed by atoms with van der Waals surface area (Å²) in [6.45, 7) is 0. The Morgan fingerprint density at radius 1 is 1.19 bits per heavy atom. The third kappa shape index (κ3) is 4.21. The number of hydrogen-bond acceptors (Lipinski definition) is 6. The maximum atomic E-state index is 12.1. The molecule has 0 saturated carbocycles. The molecule has 21 heavy (non-hydrogen) atoms. The summed E-state index contributed by atoms with van der Waals surface area (Å²) < 4.78 is 24.3. The zero-order valence-electron chi connectivity index (χ0n) is 11.1. The van der Waals surface area contributed by atoms with Gasteiger partial charge in [-0.1, -0.05) is 0 Å². The zero-order valence-corrected chi connectivity index (χ0v) is 12.7. The number of anilines is 1. The van der Waals surface area contributed by atoms with E-state index in [9.17, 15) is 8.42 Å². The molecule has 0 saturated heterocycles. The molecule has 2 rings (SSSR count). The maximum absolute atomic E-state index is 12.1. The van der Waals surface area contributed by atoms with Crippen molar-refractivity contribution < 1.29 is 8.42 Å². The van der Waals surface area contributed by atoms with Crippen LogP contribution in [0.2, 0.25) is 0 Å². The first-order valence-electron chi connectivity index (χ1n) is 6.08. The van der Waals surface area contributed by atoms with E-state index >= 15 is 0 Å². The van der Waals surface area contributed by atoms with Crippen LogP contribution in [0.4, 0.5) is 5.69 Å². The first-order chi connectivity index (χ1) is 10.0. The molecule has 7 heteroatoms. The highest BCUT2D eigenvalue weighted by Gasteiger charge is 2.14. The van der Waals surface area contributed by atoms with Gasteiger partial charge in [-0.3, -0.25) is 0 Å². The Labute approximate surface area is 127 Å². The number of hydrogen-bond donors (Lipinski definition) is 1. The van der Waals surface area contributed by atoms with Crippen LogP contribution in [-0.4, -0.2) is 24.9 Å². The molecule has 0 fully saturated rings. The molecule has 0 aliphatic carbocycles. The summed E-state index contributed by atoms with van der Waals surface area (Å²) >= 11 is 1.36. The lowest BCUT2D eigenvalue weighted by Crippen LogP contribution is -2.09. The third-order valence-corrected chi connectivity index (χ3v) is 5.64. The van der Waals surface area contributed by atoms with Gasteiger partial charge in [0.15, 0.2) is 9.84 Å². The molecule has 0 aliphatic heterocycles. The monoisotopic (exact) mass is 319 g/mol. The Hall–Kier alpha value is -2.04. The molecule has 0 bridgehead atoms. The summed E-state index contributed by atoms with van der Waals surface area (Å²) in [5.41, 5.74) is 6.55. The normalized spacial score (nSPS) is 11.0. The number of nitrogen functional groups attached to an aromatic ring is 1. The van der Waals surface area contributed by atoms with Crippen molar-refractivity contribution >= 4 is 27.3 Å². The van der Waals surface area contributed by atoms with Crippen LogP contribution in [0.25, 0.3) is 0 Å². The fraction of sp³-hybridized carbons (Fsp3) is 0.143. The minimum Gasteiger partial charge on any atom is -0.397 e. The summed E-state index contributed by atoms with van der Waals surface area (Å²) in [4.78, 5) is 4.33. The highest BCUT2D eigenvalue weighted by Crippen LogP contribution is 2.19. The summed E-state index contributed by atoms with van der Waals surface area (Å²) in [6.07, 6.45) is 1.54. The van der Waals surface area contributed by atoms with Crippen molar-refractivity contribution in [1.82, 2.24) is 4.98 Å². The lowest BCUT2D eigenvalue weighted by Gasteiger charge is -2.04. The van der Waals surface area contributed by atoms with Crippen LogP contribution in [0.1, 0.15) is 5.56 Å². The van der Waals surface area contributed by atoms with Gasteiger partial charge in [0.1, 0.15) is 0 Å². The number of pyridine rings is 1. The second kappa shape index (κ2) is 6.61. The minimum absolute atomic E-state index is 0.00955. The van der Waals surface area contributed by atoms with Crippen molar-refractivity contribution in [2.24, 2.45) is 0 Å². The van der Waals surface area contributed by atoms with Gasteiger partial charge in [-0.05, 0) is 36.4 Å². The van der Waals surface area contributed by atoms with E-state index in [4.69, 9.17) is 11.0 Å². The Balaban J connectivity index is 1.97. The standard InChI is InChI=1S/C14H13N3O2S2/c15-9-11-1-4-13(5-2-11)21(18,19)8-7-20-14-6-3-12(16)10-17-14/h1-6,10H,7-8,16H2. The molecular weight excluding hydrogens is 306 g/mol. The Morgan fingerprint density at radius 3 is 2.48 bits per heavy atom. The highest BCUT2D eigenvalue weighted by molar-refractivity contribution is 8.00. The maximum Gasteiger partial charge on any atom is 0.179 e. The van der Waals surface area contributed by atoms with Crippen molar-refractivity contribution in [3.8, 4) is 6.07 Å². The Bertz CT molecular complexity index is 748. The number of aromatic nitrogens is 1. The average Bonchev–Trinajstić information content (AvgIpc) is 2.49. The fourth-order valence-corrected chi connectivity index (χ4v) is 4.09. The number of nitrogens with zero attached hydrogens (tertiary/aromatic N) is 2. The second-order valence-corrected chi connectivity index (χ2v) is 7.46. The molecule has 1 aromatic carbocycles. The van der Waals surface area contributed by atoms with E-state index in [0.29, 0.717) is 17.0 Å². The molecule has 0 aliphatic rings. The first-order valence-corrected chi connectivity index (χ1v) is 8.72. The molecule has 5 nitrogen and oxygen atoms in total. The van der Waals surface area contributed by atoms with E-state index in [1.807, 2.05) is 6.07 Å². The molecule has 0 atom stereocenters. The van der Waals surface area contributed by atoms with Crippen molar-refractivity contribution in [3.05, 3.63) is 48.2 Å². The van der Waals surface area contributed by atoms with Crippen LogP contribution < -0.4 is 5.73 Å². The van der Waals surface area contributed by atoms with Crippen LogP contribution in [-0.2, 0) is 9.84 Å². The number of sulfone groups is 1. The van der Waals surface area contributed by atoms with Crippen LogP contribution in [0.5, 0.6) is 0 Å². The smallest absolute Gasteiger partial charge is 0.179 e. The molecule has 2 aromatic rings. The predicted octanol–water partition coefficient (Wildman–Crippen LogP) is 2.10. The van der Waals surface area contributed by atoms with Gasteiger partial charge < -0.3 is 5.73 Å². The van der Waals surface area contributed by atoms with Crippen LogP contribution in [0.3, 0.4) is 0 Å². The number of rotatable bonds is 5. The summed E-state index contributed by atoms with van der Waals surface area (Å²) in [6, 6.07) is 11.4. The van der Waals surface area contributed by atoms with Crippen molar-refractivity contribution in [2.45, 2.75) is 9.92 Å². The van der Waals surface area contributed by atoms with Gasteiger partial charge in [-0.2, -0.15) is 5.26 Å². The van der Waals surface area contributed by atoms with Crippen LogP contribution in [0, 0.1) is 11.3 Å². The highest BCUT2D eigenvalue weighted by atomic mass is 32.2. The Kier molecular flexibility index (Phi) is 4.83. The number of nitriles is 1. The van der Waals surface area contributed by atoms with Gasteiger partial charge in [-0.25, -0.2) is 13.4 Å². The van der Waals surface area contributed by atoms with E-state index in [1.54, 1.807) is 12.1 Å². The van der Waals surface area contributed by atoms with Gasteiger partial charge in [0, 0.05) is 5.75 Å². The van der Waals surface area contributed by atoms with Crippen LogP contribution >= 0.6 is 11.8 Å². The molecule has 0 unspecified atom stereocenters. The van der Waals surface area contributed by atoms with Crippen molar-refractivity contribution in [3.63, 3.8) is 0 Å². The quantitative estimate of drug-likeness (QED) is 0.848. The zero-order chi connectivity index (χ0) is 15.3. The van der Waals surface area contributed by atoms with E-state index in [-0.39, 0.29) is 10.6 Å². The fourth-order valence-electron chi connectivity index (χ4n) is 1.59. The lowest BCUT2D eigenvalue weighted by molar-refractivity contribution is 0.597. The molecule has 0 amide bonds. The number of benzene rings is 1. The molecular formula is C14H13N3O2S2. The van der Waals surface area contributed by atoms with E-state index in [1.165, 1.54) is 42.2 Å². The lowest BCUT2D eigenvalue weighted by atomic mass is 10.2. The van der Waals surface area contributed by atoms with Gasteiger partial charge in [0.05, 0.1) is 39.2 Å². The molecule has 0 spiro atoms. The minimum atomic E-state index is -3.35. The second-order valence-electron chi connectivity index (χ2n) is 4.23. The van der Waals surface area contributed by atoms with Gasteiger partial charge in [0.2, 0.25) is 0 Å². The summed E-state index contributed by atoms with van der Waals surface area (Å²) in [5.74, 6) is 0.412. The van der Waals surface area contributed by atoms with Gasteiger partial charge in [-0.15, -0.1) is 11.8 Å². The van der Waals surface area contributed by atoms with Crippen molar-refractivity contribution in [2.75, 3.05) is 17.2 Å². The first kappa shape index (κ1) is 15.4. The largest absolute Gasteiger partial charge is 0.397 e. The van der Waals surface area contributed by atoms with E-state index in [0.717, 1.165) is 5.03 Å². The van der Waals surface area contributed by atoms with Gasteiger partial charge >= 0.3 is 0 Å².